The molecule has 0 saturated heterocycles. The maximum Gasteiger partial charge on any atom is 0.235 e. The zero-order chi connectivity index (χ0) is 21.8. The smallest absolute Gasteiger partial charge is 0.235 e. The van der Waals surface area contributed by atoms with Gasteiger partial charge in [0.1, 0.15) is 17.6 Å². The predicted molar refractivity (Wildman–Crippen MR) is 117 cm³/mol. The molecule has 0 bridgehead atoms. The molecule has 0 unspecified atom stereocenters. The highest BCUT2D eigenvalue weighted by atomic mass is 35.5. The standard InChI is InChI=1S/C24H17ClO6/c1-28-20-4-2-3-5-21(20)31-23-14-30-22-12-17(10-11-18(22)24(23)27)29-13-19(26)15-6-8-16(25)9-7-15/h2-12,14H,13H2,1H3. The van der Waals surface area contributed by atoms with Gasteiger partial charge in [-0.05, 0) is 48.5 Å². The first-order chi connectivity index (χ1) is 15.0. The fourth-order valence-corrected chi connectivity index (χ4v) is 3.07. The van der Waals surface area contributed by atoms with Gasteiger partial charge in [0.15, 0.2) is 23.9 Å². The van der Waals surface area contributed by atoms with E-state index in [9.17, 15) is 9.59 Å². The highest BCUT2D eigenvalue weighted by molar-refractivity contribution is 6.30. The number of hydrogen-bond acceptors (Lipinski definition) is 6. The van der Waals surface area contributed by atoms with Crippen LogP contribution in [-0.2, 0) is 0 Å². The number of carbonyl (C=O) groups excluding carboxylic acids is 1. The van der Waals surface area contributed by atoms with Gasteiger partial charge in [0.05, 0.1) is 12.5 Å². The lowest BCUT2D eigenvalue weighted by atomic mass is 10.1. The van der Waals surface area contributed by atoms with Gasteiger partial charge in [0, 0.05) is 16.7 Å². The minimum Gasteiger partial charge on any atom is -0.493 e. The Bertz CT molecular complexity index is 1290. The lowest BCUT2D eigenvalue weighted by Crippen LogP contribution is -2.11. The van der Waals surface area contributed by atoms with Crippen molar-refractivity contribution in [3.63, 3.8) is 0 Å². The lowest BCUT2D eigenvalue weighted by Gasteiger charge is -2.10. The van der Waals surface area contributed by atoms with Crippen LogP contribution in [0.25, 0.3) is 11.0 Å². The van der Waals surface area contributed by atoms with Crippen molar-refractivity contribution in [2.75, 3.05) is 13.7 Å². The summed E-state index contributed by atoms with van der Waals surface area (Å²) in [7, 11) is 1.52. The first kappa shape index (κ1) is 20.5. The minimum atomic E-state index is -0.337. The third-order valence-corrected chi connectivity index (χ3v) is 4.79. The van der Waals surface area contributed by atoms with E-state index >= 15 is 0 Å². The van der Waals surface area contributed by atoms with Gasteiger partial charge < -0.3 is 18.6 Å². The molecular formula is C24H17ClO6. The number of methoxy groups -OCH3 is 1. The monoisotopic (exact) mass is 436 g/mol. The van der Waals surface area contributed by atoms with Crippen LogP contribution in [0.3, 0.4) is 0 Å². The summed E-state index contributed by atoms with van der Waals surface area (Å²) in [6.45, 7) is -0.160. The Labute approximate surface area is 182 Å². The highest BCUT2D eigenvalue weighted by Gasteiger charge is 2.13. The number of Topliss-reactive ketones (excluding diaryl/α,β-unsaturated/α-hetero) is 1. The number of ketones is 1. The molecule has 0 spiro atoms. The number of halogens is 1. The number of carbonyl (C=O) groups is 1. The Morgan fingerprint density at radius 2 is 1.71 bits per heavy atom. The summed E-state index contributed by atoms with van der Waals surface area (Å²) in [5.74, 6) is 1.13. The van der Waals surface area contributed by atoms with Crippen molar-refractivity contribution in [3.8, 4) is 23.0 Å². The van der Waals surface area contributed by atoms with Crippen molar-refractivity contribution in [2.24, 2.45) is 0 Å². The van der Waals surface area contributed by atoms with E-state index in [-0.39, 0.29) is 23.6 Å². The molecule has 1 aromatic heterocycles. The molecule has 6 nitrogen and oxygen atoms in total. The third kappa shape index (κ3) is 4.54. The zero-order valence-electron chi connectivity index (χ0n) is 16.5. The second kappa shape index (κ2) is 8.93. The molecule has 4 rings (SSSR count). The van der Waals surface area contributed by atoms with E-state index in [2.05, 4.69) is 0 Å². The van der Waals surface area contributed by atoms with Crippen molar-refractivity contribution in [1.29, 1.82) is 0 Å². The third-order valence-electron chi connectivity index (χ3n) is 4.54. The molecule has 0 N–H and O–H groups in total. The van der Waals surface area contributed by atoms with Crippen molar-refractivity contribution >= 4 is 28.4 Å². The van der Waals surface area contributed by atoms with Gasteiger partial charge in [-0.2, -0.15) is 0 Å². The van der Waals surface area contributed by atoms with Crippen LogP contribution in [0.2, 0.25) is 5.02 Å². The van der Waals surface area contributed by atoms with Crippen molar-refractivity contribution in [2.45, 2.75) is 0 Å². The predicted octanol–water partition coefficient (Wildman–Crippen LogP) is 5.51. The molecule has 0 fully saturated rings. The van der Waals surface area contributed by atoms with Crippen LogP contribution in [0, 0.1) is 0 Å². The van der Waals surface area contributed by atoms with E-state index in [1.807, 2.05) is 0 Å². The average molecular weight is 437 g/mol. The summed E-state index contributed by atoms with van der Waals surface area (Å²) in [6.07, 6.45) is 1.24. The maximum absolute atomic E-state index is 12.8. The summed E-state index contributed by atoms with van der Waals surface area (Å²) < 4.78 is 22.1. The number of para-hydroxylation sites is 2. The van der Waals surface area contributed by atoms with Crippen LogP contribution in [0.1, 0.15) is 10.4 Å². The van der Waals surface area contributed by atoms with Crippen molar-refractivity contribution in [1.82, 2.24) is 0 Å². The fraction of sp³-hybridized carbons (Fsp3) is 0.0833. The minimum absolute atomic E-state index is 0.0311. The number of rotatable bonds is 7. The highest BCUT2D eigenvalue weighted by Crippen LogP contribution is 2.30. The van der Waals surface area contributed by atoms with Gasteiger partial charge in [-0.1, -0.05) is 23.7 Å². The van der Waals surface area contributed by atoms with Gasteiger partial charge in [-0.25, -0.2) is 0 Å². The molecule has 4 aromatic rings. The quantitative estimate of drug-likeness (QED) is 0.356. The summed E-state index contributed by atoms with van der Waals surface area (Å²) >= 11 is 5.84. The molecule has 0 saturated carbocycles. The molecule has 0 aliphatic heterocycles. The summed E-state index contributed by atoms with van der Waals surface area (Å²) in [5.41, 5.74) is 0.472. The van der Waals surface area contributed by atoms with E-state index in [0.29, 0.717) is 38.8 Å². The van der Waals surface area contributed by atoms with Gasteiger partial charge in [-0.3, -0.25) is 9.59 Å². The van der Waals surface area contributed by atoms with Crippen molar-refractivity contribution in [3.05, 3.63) is 93.8 Å². The van der Waals surface area contributed by atoms with Crippen LogP contribution in [0.4, 0.5) is 0 Å². The van der Waals surface area contributed by atoms with Crippen molar-refractivity contribution < 1.29 is 23.4 Å². The molecule has 7 heteroatoms. The zero-order valence-corrected chi connectivity index (χ0v) is 17.2. The molecule has 0 aliphatic carbocycles. The lowest BCUT2D eigenvalue weighted by molar-refractivity contribution is 0.0921. The largest absolute Gasteiger partial charge is 0.493 e. The summed E-state index contributed by atoms with van der Waals surface area (Å²) in [6, 6.07) is 18.3. The second-order valence-corrected chi connectivity index (χ2v) is 7.00. The number of ether oxygens (including phenoxy) is 3. The van der Waals surface area contributed by atoms with E-state index in [0.717, 1.165) is 0 Å². The second-order valence-electron chi connectivity index (χ2n) is 6.56. The Morgan fingerprint density at radius 3 is 2.45 bits per heavy atom. The van der Waals surface area contributed by atoms with Gasteiger partial charge in [-0.15, -0.1) is 0 Å². The van der Waals surface area contributed by atoms with Gasteiger partial charge >= 0.3 is 0 Å². The summed E-state index contributed by atoms with van der Waals surface area (Å²) in [4.78, 5) is 25.0. The van der Waals surface area contributed by atoms with E-state index in [1.54, 1.807) is 66.7 Å². The summed E-state index contributed by atoms with van der Waals surface area (Å²) in [5, 5.41) is 0.875. The Balaban J connectivity index is 1.52. The van der Waals surface area contributed by atoms with Crippen LogP contribution in [0.15, 0.2) is 82.2 Å². The SMILES string of the molecule is COc1ccccc1Oc1coc2cc(OCC(=O)c3ccc(Cl)cc3)ccc2c1=O. The molecule has 0 radical (unpaired) electrons. The molecule has 0 atom stereocenters. The number of benzene rings is 3. The van der Waals surface area contributed by atoms with E-state index in [1.165, 1.54) is 13.4 Å². The molecule has 31 heavy (non-hydrogen) atoms. The van der Waals surface area contributed by atoms with Crippen LogP contribution < -0.4 is 19.6 Å². The molecule has 156 valence electrons. The number of hydrogen-bond donors (Lipinski definition) is 0. The van der Waals surface area contributed by atoms with E-state index < -0.39 is 0 Å². The normalized spacial score (nSPS) is 10.6. The molecular weight excluding hydrogens is 420 g/mol. The van der Waals surface area contributed by atoms with E-state index in [4.69, 9.17) is 30.2 Å². The fourth-order valence-electron chi connectivity index (χ4n) is 2.94. The topological polar surface area (TPSA) is 75.0 Å². The van der Waals surface area contributed by atoms with Crippen LogP contribution >= 0.6 is 11.6 Å². The van der Waals surface area contributed by atoms with Crippen LogP contribution in [0.5, 0.6) is 23.0 Å². The Hall–Kier alpha value is -3.77. The molecule has 0 aliphatic rings. The van der Waals surface area contributed by atoms with Crippen LogP contribution in [-0.4, -0.2) is 19.5 Å². The first-order valence-corrected chi connectivity index (χ1v) is 9.71. The molecule has 3 aromatic carbocycles. The molecule has 1 heterocycles. The van der Waals surface area contributed by atoms with Gasteiger partial charge in [0.25, 0.3) is 0 Å². The maximum atomic E-state index is 12.8. The average Bonchev–Trinajstić information content (AvgIpc) is 2.80. The molecule has 0 amide bonds. The first-order valence-electron chi connectivity index (χ1n) is 9.33. The Morgan fingerprint density at radius 1 is 0.968 bits per heavy atom. The van der Waals surface area contributed by atoms with Gasteiger partial charge in [0.2, 0.25) is 11.2 Å². The Kier molecular flexibility index (Phi) is 5.91. The number of fused-ring (bicyclic) bond motifs is 1.